The monoisotopic (exact) mass is 311 g/mol. The summed E-state index contributed by atoms with van der Waals surface area (Å²) in [5.41, 5.74) is 2.25. The first-order chi connectivity index (χ1) is 10.7. The van der Waals surface area contributed by atoms with Crippen molar-refractivity contribution in [3.63, 3.8) is 0 Å². The number of carbonyl (C=O) groups excluding carboxylic acids is 1. The number of carbonyl (C=O) groups is 1. The highest BCUT2D eigenvalue weighted by Crippen LogP contribution is 2.29. The minimum atomic E-state index is -0.276. The number of ether oxygens (including phenoxy) is 1. The van der Waals surface area contributed by atoms with E-state index in [0.29, 0.717) is 17.7 Å². The summed E-state index contributed by atoms with van der Waals surface area (Å²) < 4.78 is 5.12. The van der Waals surface area contributed by atoms with E-state index in [4.69, 9.17) is 10.00 Å². The molecule has 0 radical (unpaired) electrons. The summed E-state index contributed by atoms with van der Waals surface area (Å²) in [6, 6.07) is 15.3. The van der Waals surface area contributed by atoms with E-state index in [-0.39, 0.29) is 5.97 Å². The number of rotatable bonds is 5. The highest BCUT2D eigenvalue weighted by Gasteiger charge is 2.12. The molecule has 4 heteroatoms. The van der Waals surface area contributed by atoms with E-state index in [1.807, 2.05) is 37.3 Å². The fraction of sp³-hybridized carbons (Fsp3) is 0.222. The Balaban J connectivity index is 2.25. The third kappa shape index (κ3) is 3.90. The van der Waals surface area contributed by atoms with Gasteiger partial charge in [-0.3, -0.25) is 0 Å². The summed E-state index contributed by atoms with van der Waals surface area (Å²) in [5.74, 6) is -0.276. The molecule has 2 aromatic carbocycles. The quantitative estimate of drug-likeness (QED) is 0.766. The molecule has 0 amide bonds. The summed E-state index contributed by atoms with van der Waals surface area (Å²) in [4.78, 5) is 14.0. The van der Waals surface area contributed by atoms with E-state index >= 15 is 0 Å². The molecular weight excluding hydrogens is 294 g/mol. The molecule has 0 aliphatic rings. The Kier molecular flexibility index (Phi) is 5.62. The maximum atomic E-state index is 12.0. The Morgan fingerprint density at radius 3 is 2.41 bits per heavy atom. The topological polar surface area (TPSA) is 50.1 Å². The number of nitriles is 1. The molecule has 0 saturated carbocycles. The highest BCUT2D eigenvalue weighted by atomic mass is 32.2. The minimum Gasteiger partial charge on any atom is -0.462 e. The lowest BCUT2D eigenvalue weighted by Gasteiger charge is -2.10. The summed E-state index contributed by atoms with van der Waals surface area (Å²) >= 11 is 1.56. The van der Waals surface area contributed by atoms with Crippen LogP contribution in [-0.4, -0.2) is 12.6 Å². The minimum absolute atomic E-state index is 0.276. The lowest BCUT2D eigenvalue weighted by Crippen LogP contribution is -2.08. The third-order valence-electron chi connectivity index (χ3n) is 3.18. The van der Waals surface area contributed by atoms with Gasteiger partial charge in [-0.1, -0.05) is 24.8 Å². The number of aryl methyl sites for hydroxylation is 1. The van der Waals surface area contributed by atoms with E-state index in [0.717, 1.165) is 21.8 Å². The highest BCUT2D eigenvalue weighted by molar-refractivity contribution is 7.99. The van der Waals surface area contributed by atoms with Crippen molar-refractivity contribution in [3.05, 3.63) is 59.2 Å². The predicted molar refractivity (Wildman–Crippen MR) is 87.1 cm³/mol. The van der Waals surface area contributed by atoms with E-state index in [1.54, 1.807) is 30.8 Å². The molecule has 0 heterocycles. The number of hydrogen-bond acceptors (Lipinski definition) is 4. The van der Waals surface area contributed by atoms with Crippen molar-refractivity contribution in [2.24, 2.45) is 0 Å². The molecule has 0 aliphatic heterocycles. The summed E-state index contributed by atoms with van der Waals surface area (Å²) in [6.45, 7) is 4.19. The van der Waals surface area contributed by atoms with Crippen LogP contribution in [0.15, 0.2) is 52.3 Å². The summed E-state index contributed by atoms with van der Waals surface area (Å²) in [7, 11) is 0. The van der Waals surface area contributed by atoms with Crippen LogP contribution in [0.25, 0.3) is 0 Å². The van der Waals surface area contributed by atoms with Gasteiger partial charge >= 0.3 is 5.97 Å². The molecular formula is C18H17NO2S. The second-order valence-corrected chi connectivity index (χ2v) is 5.78. The van der Waals surface area contributed by atoms with E-state index < -0.39 is 0 Å². The van der Waals surface area contributed by atoms with Gasteiger partial charge in [0.25, 0.3) is 0 Å². The molecule has 2 rings (SSSR count). The standard InChI is InChI=1S/C18H17NO2S/c1-3-14-7-10-16(11-17(14)18(20)21-4-2)22-15-8-5-13(12-19)6-9-15/h5-11H,3-4H2,1-2H3. The van der Waals surface area contributed by atoms with Crippen molar-refractivity contribution in [2.75, 3.05) is 6.61 Å². The Morgan fingerprint density at radius 1 is 1.14 bits per heavy atom. The molecule has 0 spiro atoms. The number of benzene rings is 2. The first kappa shape index (κ1) is 16.1. The normalized spacial score (nSPS) is 10.0. The van der Waals surface area contributed by atoms with Gasteiger partial charge in [-0.15, -0.1) is 0 Å². The van der Waals surface area contributed by atoms with Crippen molar-refractivity contribution < 1.29 is 9.53 Å². The average molecular weight is 311 g/mol. The fourth-order valence-electron chi connectivity index (χ4n) is 2.06. The second-order valence-electron chi connectivity index (χ2n) is 4.63. The van der Waals surface area contributed by atoms with Crippen LogP contribution >= 0.6 is 11.8 Å². The van der Waals surface area contributed by atoms with Gasteiger partial charge in [0.1, 0.15) is 0 Å². The van der Waals surface area contributed by atoms with Gasteiger partial charge in [0.05, 0.1) is 23.8 Å². The van der Waals surface area contributed by atoms with Crippen molar-refractivity contribution in [2.45, 2.75) is 30.1 Å². The van der Waals surface area contributed by atoms with Gasteiger partial charge < -0.3 is 4.74 Å². The molecule has 22 heavy (non-hydrogen) atoms. The molecule has 112 valence electrons. The molecule has 0 aromatic heterocycles. The zero-order valence-corrected chi connectivity index (χ0v) is 13.4. The van der Waals surface area contributed by atoms with Crippen LogP contribution < -0.4 is 0 Å². The zero-order chi connectivity index (χ0) is 15.9. The van der Waals surface area contributed by atoms with E-state index in [2.05, 4.69) is 6.07 Å². The van der Waals surface area contributed by atoms with Crippen LogP contribution in [0.1, 0.15) is 35.3 Å². The molecule has 0 fully saturated rings. The Labute approximate surface area is 134 Å². The molecule has 0 aliphatic carbocycles. The number of hydrogen-bond donors (Lipinski definition) is 0. The lowest BCUT2D eigenvalue weighted by atomic mass is 10.1. The molecule has 0 bridgehead atoms. The van der Waals surface area contributed by atoms with Crippen molar-refractivity contribution in [1.82, 2.24) is 0 Å². The van der Waals surface area contributed by atoms with Gasteiger partial charge in [-0.25, -0.2) is 4.79 Å². The Bertz CT molecular complexity index is 702. The number of esters is 1. The van der Waals surface area contributed by atoms with Gasteiger partial charge in [-0.05, 0) is 55.3 Å². The molecule has 0 atom stereocenters. The summed E-state index contributed by atoms with van der Waals surface area (Å²) in [5, 5.41) is 8.82. The van der Waals surface area contributed by atoms with Gasteiger partial charge in [0.15, 0.2) is 0 Å². The van der Waals surface area contributed by atoms with Crippen LogP contribution in [0, 0.1) is 11.3 Å². The molecule has 0 saturated heterocycles. The molecule has 0 unspecified atom stereocenters. The molecule has 2 aromatic rings. The van der Waals surface area contributed by atoms with Crippen LogP contribution in [0.4, 0.5) is 0 Å². The largest absolute Gasteiger partial charge is 0.462 e. The van der Waals surface area contributed by atoms with Crippen LogP contribution in [-0.2, 0) is 11.2 Å². The first-order valence-electron chi connectivity index (χ1n) is 7.16. The predicted octanol–water partition coefficient (Wildman–Crippen LogP) is 4.45. The summed E-state index contributed by atoms with van der Waals surface area (Å²) in [6.07, 6.45) is 0.788. The molecule has 0 N–H and O–H groups in total. The molecule has 3 nitrogen and oxygen atoms in total. The van der Waals surface area contributed by atoms with Gasteiger partial charge in [-0.2, -0.15) is 5.26 Å². The lowest BCUT2D eigenvalue weighted by molar-refractivity contribution is 0.0525. The van der Waals surface area contributed by atoms with Crippen molar-refractivity contribution in [1.29, 1.82) is 5.26 Å². The maximum absolute atomic E-state index is 12.0. The van der Waals surface area contributed by atoms with Crippen LogP contribution in [0.3, 0.4) is 0 Å². The van der Waals surface area contributed by atoms with Gasteiger partial charge in [0.2, 0.25) is 0 Å². The fourth-order valence-corrected chi connectivity index (χ4v) is 2.92. The van der Waals surface area contributed by atoms with Crippen LogP contribution in [0.2, 0.25) is 0 Å². The smallest absolute Gasteiger partial charge is 0.338 e. The first-order valence-corrected chi connectivity index (χ1v) is 7.97. The van der Waals surface area contributed by atoms with Gasteiger partial charge in [0, 0.05) is 9.79 Å². The van der Waals surface area contributed by atoms with E-state index in [9.17, 15) is 4.79 Å². The second kappa shape index (κ2) is 7.67. The maximum Gasteiger partial charge on any atom is 0.338 e. The van der Waals surface area contributed by atoms with Crippen molar-refractivity contribution >= 4 is 17.7 Å². The number of nitrogens with zero attached hydrogens (tertiary/aromatic N) is 1. The Morgan fingerprint density at radius 2 is 1.82 bits per heavy atom. The Hall–Kier alpha value is -2.25. The van der Waals surface area contributed by atoms with Crippen molar-refractivity contribution in [3.8, 4) is 6.07 Å². The van der Waals surface area contributed by atoms with E-state index in [1.165, 1.54) is 0 Å². The third-order valence-corrected chi connectivity index (χ3v) is 4.17. The SMILES string of the molecule is CCOC(=O)c1cc(Sc2ccc(C#N)cc2)ccc1CC. The average Bonchev–Trinajstić information content (AvgIpc) is 2.55. The zero-order valence-electron chi connectivity index (χ0n) is 12.6. The van der Waals surface area contributed by atoms with Crippen LogP contribution in [0.5, 0.6) is 0 Å².